The van der Waals surface area contributed by atoms with E-state index in [9.17, 15) is 14.9 Å². The van der Waals surface area contributed by atoms with Gasteiger partial charge in [-0.25, -0.2) is 0 Å². The van der Waals surface area contributed by atoms with Crippen LogP contribution in [0.3, 0.4) is 0 Å². The summed E-state index contributed by atoms with van der Waals surface area (Å²) in [5.41, 5.74) is 0.393. The van der Waals surface area contributed by atoms with Gasteiger partial charge in [0.05, 0.1) is 10.5 Å². The van der Waals surface area contributed by atoms with Gasteiger partial charge in [0.2, 0.25) is 0 Å². The van der Waals surface area contributed by atoms with E-state index >= 15 is 0 Å². The predicted molar refractivity (Wildman–Crippen MR) is 89.4 cm³/mol. The van der Waals surface area contributed by atoms with E-state index in [1.165, 1.54) is 25.0 Å². The van der Waals surface area contributed by atoms with Gasteiger partial charge in [0.1, 0.15) is 0 Å². The number of hydrogen-bond acceptors (Lipinski definition) is 3. The standard InChI is InChI=1S/C15H19IN2O3/c1-17(11-6-4-2-3-5-7-11)15(19)13-10-12(18(20)21)8-9-14(13)16/h8-11H,2-7H2,1H3. The van der Waals surface area contributed by atoms with E-state index in [0.717, 1.165) is 29.3 Å². The maximum absolute atomic E-state index is 12.7. The Morgan fingerprint density at radius 3 is 2.48 bits per heavy atom. The first-order valence-electron chi connectivity index (χ1n) is 7.22. The van der Waals surface area contributed by atoms with Crippen molar-refractivity contribution in [2.45, 2.75) is 44.6 Å². The highest BCUT2D eigenvalue weighted by Crippen LogP contribution is 2.25. The molecule has 1 saturated carbocycles. The largest absolute Gasteiger partial charge is 0.339 e. The van der Waals surface area contributed by atoms with Gasteiger partial charge >= 0.3 is 0 Å². The van der Waals surface area contributed by atoms with Gasteiger partial charge in [0.15, 0.2) is 0 Å². The fraction of sp³-hybridized carbons (Fsp3) is 0.533. The lowest BCUT2D eigenvalue weighted by molar-refractivity contribution is -0.384. The first-order valence-corrected chi connectivity index (χ1v) is 8.29. The Labute approximate surface area is 138 Å². The number of non-ortho nitro benzene ring substituents is 1. The molecule has 0 atom stereocenters. The normalized spacial score (nSPS) is 16.3. The predicted octanol–water partition coefficient (Wildman–Crippen LogP) is 3.99. The van der Waals surface area contributed by atoms with E-state index < -0.39 is 4.92 Å². The van der Waals surface area contributed by atoms with Gasteiger partial charge in [-0.1, -0.05) is 25.7 Å². The van der Waals surface area contributed by atoms with Gasteiger partial charge in [-0.3, -0.25) is 14.9 Å². The second-order valence-corrected chi connectivity index (χ2v) is 6.64. The van der Waals surface area contributed by atoms with E-state index in [1.807, 2.05) is 7.05 Å². The van der Waals surface area contributed by atoms with Crippen molar-refractivity contribution < 1.29 is 9.72 Å². The van der Waals surface area contributed by atoms with Gasteiger partial charge in [0.25, 0.3) is 11.6 Å². The van der Waals surface area contributed by atoms with Crippen LogP contribution in [0.2, 0.25) is 0 Å². The average molecular weight is 402 g/mol. The second kappa shape index (κ2) is 7.20. The molecule has 1 amide bonds. The van der Waals surface area contributed by atoms with Gasteiger partial charge in [-0.05, 0) is 41.5 Å². The number of amides is 1. The number of carbonyl (C=O) groups excluding carboxylic acids is 1. The molecule has 0 heterocycles. The lowest BCUT2D eigenvalue weighted by Crippen LogP contribution is -2.37. The molecule has 0 spiro atoms. The molecule has 1 aromatic rings. The number of nitro benzene ring substituents is 1. The first kappa shape index (κ1) is 16.2. The van der Waals surface area contributed by atoms with E-state index in [0.29, 0.717) is 5.56 Å². The Kier molecular flexibility index (Phi) is 5.55. The van der Waals surface area contributed by atoms with Gasteiger partial charge < -0.3 is 4.90 Å². The molecule has 0 unspecified atom stereocenters. The molecule has 1 aromatic carbocycles. The summed E-state index contributed by atoms with van der Waals surface area (Å²) in [6.45, 7) is 0. The Bertz CT molecular complexity index is 540. The number of nitrogens with zero attached hydrogens (tertiary/aromatic N) is 2. The minimum Gasteiger partial charge on any atom is -0.339 e. The minimum atomic E-state index is -0.460. The van der Waals surface area contributed by atoms with Crippen LogP contribution >= 0.6 is 22.6 Å². The molecule has 6 heteroatoms. The molecule has 0 N–H and O–H groups in total. The van der Waals surface area contributed by atoms with Crippen molar-refractivity contribution in [2.75, 3.05) is 7.05 Å². The summed E-state index contributed by atoms with van der Waals surface area (Å²) in [5.74, 6) is -0.116. The molecule has 1 fully saturated rings. The third-order valence-corrected chi connectivity index (χ3v) is 5.02. The van der Waals surface area contributed by atoms with Gasteiger partial charge in [-0.2, -0.15) is 0 Å². The maximum Gasteiger partial charge on any atom is 0.270 e. The summed E-state index contributed by atoms with van der Waals surface area (Å²) in [7, 11) is 1.81. The van der Waals surface area contributed by atoms with E-state index in [4.69, 9.17) is 0 Å². The fourth-order valence-electron chi connectivity index (χ4n) is 2.79. The summed E-state index contributed by atoms with van der Waals surface area (Å²) >= 11 is 2.06. The van der Waals surface area contributed by atoms with Crippen molar-refractivity contribution in [3.8, 4) is 0 Å². The van der Waals surface area contributed by atoms with Crippen LogP contribution in [-0.4, -0.2) is 28.8 Å². The molecule has 5 nitrogen and oxygen atoms in total. The van der Waals surface area contributed by atoms with E-state index in [-0.39, 0.29) is 17.6 Å². The molecule has 1 aliphatic carbocycles. The highest BCUT2D eigenvalue weighted by Gasteiger charge is 2.24. The van der Waals surface area contributed by atoms with Crippen LogP contribution < -0.4 is 0 Å². The third kappa shape index (κ3) is 3.93. The Balaban J connectivity index is 2.21. The summed E-state index contributed by atoms with van der Waals surface area (Å²) in [6, 6.07) is 4.70. The number of carbonyl (C=O) groups is 1. The summed E-state index contributed by atoms with van der Waals surface area (Å²) in [4.78, 5) is 24.8. The number of benzene rings is 1. The first-order chi connectivity index (χ1) is 10.0. The van der Waals surface area contributed by atoms with Crippen LogP contribution in [0, 0.1) is 13.7 Å². The second-order valence-electron chi connectivity index (χ2n) is 5.48. The molecule has 0 bridgehead atoms. The summed E-state index contributed by atoms with van der Waals surface area (Å²) < 4.78 is 0.753. The molecule has 0 saturated heterocycles. The van der Waals surface area contributed by atoms with Crippen LogP contribution in [0.1, 0.15) is 48.9 Å². The van der Waals surface area contributed by atoms with Crippen LogP contribution in [-0.2, 0) is 0 Å². The van der Waals surface area contributed by atoms with Gasteiger partial charge in [0, 0.05) is 28.8 Å². The third-order valence-electron chi connectivity index (χ3n) is 4.08. The lowest BCUT2D eigenvalue weighted by atomic mass is 10.1. The Hall–Kier alpha value is -1.18. The number of halogens is 1. The summed E-state index contributed by atoms with van der Waals surface area (Å²) in [5, 5.41) is 10.9. The number of hydrogen-bond donors (Lipinski definition) is 0. The Morgan fingerprint density at radius 1 is 1.29 bits per heavy atom. The molecule has 0 aliphatic heterocycles. The molecule has 0 aromatic heterocycles. The molecule has 2 rings (SSSR count). The van der Waals surface area contributed by atoms with Crippen molar-refractivity contribution in [2.24, 2.45) is 0 Å². The SMILES string of the molecule is CN(C(=O)c1cc([N+](=O)[O-])ccc1I)C1CCCCCC1. The van der Waals surface area contributed by atoms with Crippen LogP contribution in [0.25, 0.3) is 0 Å². The van der Waals surface area contributed by atoms with Crippen LogP contribution in [0.5, 0.6) is 0 Å². The topological polar surface area (TPSA) is 63.5 Å². The zero-order chi connectivity index (χ0) is 15.4. The highest BCUT2D eigenvalue weighted by atomic mass is 127. The number of nitro groups is 1. The number of rotatable bonds is 3. The van der Waals surface area contributed by atoms with Crippen molar-refractivity contribution in [1.82, 2.24) is 4.90 Å². The fourth-order valence-corrected chi connectivity index (χ4v) is 3.36. The van der Waals surface area contributed by atoms with Crippen molar-refractivity contribution in [3.63, 3.8) is 0 Å². The van der Waals surface area contributed by atoms with Crippen molar-refractivity contribution >= 4 is 34.2 Å². The zero-order valence-corrected chi connectivity index (χ0v) is 14.2. The Morgan fingerprint density at radius 2 is 1.90 bits per heavy atom. The van der Waals surface area contributed by atoms with E-state index in [2.05, 4.69) is 22.6 Å². The quantitative estimate of drug-likeness (QED) is 0.332. The summed E-state index contributed by atoms with van der Waals surface area (Å²) in [6.07, 6.45) is 6.80. The minimum absolute atomic E-state index is 0.0342. The molecular weight excluding hydrogens is 383 g/mol. The van der Waals surface area contributed by atoms with Crippen LogP contribution in [0.4, 0.5) is 5.69 Å². The molecule has 21 heavy (non-hydrogen) atoms. The molecule has 1 aliphatic rings. The zero-order valence-electron chi connectivity index (χ0n) is 12.0. The smallest absolute Gasteiger partial charge is 0.270 e. The molecule has 114 valence electrons. The average Bonchev–Trinajstić information content (AvgIpc) is 2.75. The lowest BCUT2D eigenvalue weighted by Gasteiger charge is -2.27. The van der Waals surface area contributed by atoms with Gasteiger partial charge in [-0.15, -0.1) is 0 Å². The maximum atomic E-state index is 12.7. The molecular formula is C15H19IN2O3. The van der Waals surface area contributed by atoms with Crippen molar-refractivity contribution in [1.29, 1.82) is 0 Å². The monoisotopic (exact) mass is 402 g/mol. The molecule has 0 radical (unpaired) electrons. The van der Waals surface area contributed by atoms with E-state index in [1.54, 1.807) is 11.0 Å². The van der Waals surface area contributed by atoms with Crippen molar-refractivity contribution in [3.05, 3.63) is 37.4 Å². The highest BCUT2D eigenvalue weighted by molar-refractivity contribution is 14.1. The van der Waals surface area contributed by atoms with Crippen LogP contribution in [0.15, 0.2) is 18.2 Å².